The molecule has 0 saturated carbocycles. The molecular formula is C17H17N5O2. The molecule has 3 rings (SSSR count). The zero-order chi connectivity index (χ0) is 17.1. The first-order chi connectivity index (χ1) is 11.5. The van der Waals surface area contributed by atoms with Crippen molar-refractivity contribution in [2.45, 2.75) is 13.5 Å². The molecule has 122 valence electrons. The molecule has 7 heteroatoms. The minimum absolute atomic E-state index is 0.0270. The van der Waals surface area contributed by atoms with Gasteiger partial charge in [-0.05, 0) is 30.2 Å². The molecule has 24 heavy (non-hydrogen) atoms. The molecule has 0 aliphatic rings. The number of benzene rings is 1. The Labute approximate surface area is 139 Å². The Morgan fingerprint density at radius 2 is 2.08 bits per heavy atom. The molecule has 0 fully saturated rings. The topological polar surface area (TPSA) is 85.9 Å². The van der Waals surface area contributed by atoms with Crippen molar-refractivity contribution in [1.29, 1.82) is 0 Å². The largest absolute Gasteiger partial charge is 0.366 e. The van der Waals surface area contributed by atoms with Gasteiger partial charge in [0, 0.05) is 31.4 Å². The maximum absolute atomic E-state index is 10.8. The zero-order valence-corrected chi connectivity index (χ0v) is 13.4. The van der Waals surface area contributed by atoms with Gasteiger partial charge in [0.2, 0.25) is 0 Å². The lowest BCUT2D eigenvalue weighted by Gasteiger charge is -2.08. The molecule has 7 nitrogen and oxygen atoms in total. The van der Waals surface area contributed by atoms with Crippen molar-refractivity contribution in [1.82, 2.24) is 14.8 Å². The second kappa shape index (κ2) is 6.49. The van der Waals surface area contributed by atoms with Gasteiger partial charge in [0.15, 0.2) is 0 Å². The third-order valence-corrected chi connectivity index (χ3v) is 3.69. The van der Waals surface area contributed by atoms with Crippen molar-refractivity contribution in [3.8, 4) is 11.1 Å². The van der Waals surface area contributed by atoms with Crippen LogP contribution in [0.15, 0.2) is 48.8 Å². The monoisotopic (exact) mass is 323 g/mol. The van der Waals surface area contributed by atoms with E-state index in [1.54, 1.807) is 17.7 Å². The van der Waals surface area contributed by atoms with Crippen LogP contribution in [0, 0.1) is 17.0 Å². The van der Waals surface area contributed by atoms with E-state index in [9.17, 15) is 10.1 Å². The lowest BCUT2D eigenvalue weighted by molar-refractivity contribution is -0.385. The van der Waals surface area contributed by atoms with Crippen LogP contribution >= 0.6 is 0 Å². The summed E-state index contributed by atoms with van der Waals surface area (Å²) in [6.45, 7) is 2.21. The molecule has 0 bridgehead atoms. The number of anilines is 1. The van der Waals surface area contributed by atoms with Crippen LogP contribution in [0.4, 0.5) is 11.5 Å². The van der Waals surface area contributed by atoms with Crippen LogP contribution in [0.25, 0.3) is 11.1 Å². The van der Waals surface area contributed by atoms with E-state index in [2.05, 4.69) is 21.5 Å². The van der Waals surface area contributed by atoms with Gasteiger partial charge in [-0.25, -0.2) is 4.98 Å². The minimum Gasteiger partial charge on any atom is -0.366 e. The van der Waals surface area contributed by atoms with Gasteiger partial charge >= 0.3 is 0 Å². The smallest absolute Gasteiger partial charge is 0.290 e. The summed E-state index contributed by atoms with van der Waals surface area (Å²) in [6, 6.07) is 11.2. The van der Waals surface area contributed by atoms with Crippen molar-refractivity contribution in [2.75, 3.05) is 5.32 Å². The Hall–Kier alpha value is -3.22. The third-order valence-electron chi connectivity index (χ3n) is 3.69. The Balaban J connectivity index is 1.73. The molecule has 0 aliphatic heterocycles. The number of aromatic nitrogens is 3. The van der Waals surface area contributed by atoms with E-state index in [4.69, 9.17) is 0 Å². The number of hydrogen-bond donors (Lipinski definition) is 1. The number of rotatable bonds is 5. The second-order valence-electron chi connectivity index (χ2n) is 5.51. The van der Waals surface area contributed by atoms with Crippen LogP contribution in [0.1, 0.15) is 11.3 Å². The van der Waals surface area contributed by atoms with E-state index in [0.717, 1.165) is 16.7 Å². The average molecular weight is 323 g/mol. The summed E-state index contributed by atoms with van der Waals surface area (Å²) >= 11 is 0. The Morgan fingerprint density at radius 3 is 2.75 bits per heavy atom. The van der Waals surface area contributed by atoms with Crippen LogP contribution in [0.2, 0.25) is 0 Å². The Bertz CT molecular complexity index is 888. The first kappa shape index (κ1) is 15.7. The van der Waals surface area contributed by atoms with Gasteiger partial charge in [-0.15, -0.1) is 0 Å². The summed E-state index contributed by atoms with van der Waals surface area (Å²) < 4.78 is 1.77. The number of nitrogens with one attached hydrogen (secondary N) is 1. The fraction of sp³-hybridized carbons (Fsp3) is 0.176. The molecule has 0 spiro atoms. The molecule has 1 aromatic carbocycles. The molecule has 0 amide bonds. The van der Waals surface area contributed by atoms with E-state index in [0.29, 0.717) is 18.1 Å². The van der Waals surface area contributed by atoms with Crippen LogP contribution in [0.5, 0.6) is 0 Å². The highest BCUT2D eigenvalue weighted by molar-refractivity contribution is 5.62. The SMILES string of the molecule is Cc1nc(NCc2cccc(-c3cnn(C)c3)c2)ccc1[N+](=O)[O-]. The summed E-state index contributed by atoms with van der Waals surface area (Å²) in [5, 5.41) is 18.2. The van der Waals surface area contributed by atoms with Crippen molar-refractivity contribution in [3.05, 3.63) is 70.2 Å². The highest BCUT2D eigenvalue weighted by atomic mass is 16.6. The fourth-order valence-corrected chi connectivity index (χ4v) is 2.47. The Morgan fingerprint density at radius 1 is 1.25 bits per heavy atom. The minimum atomic E-state index is -0.427. The van der Waals surface area contributed by atoms with Crippen molar-refractivity contribution in [2.24, 2.45) is 7.05 Å². The summed E-state index contributed by atoms with van der Waals surface area (Å²) in [7, 11) is 1.89. The molecule has 0 radical (unpaired) electrons. The Kier molecular flexibility index (Phi) is 4.24. The third kappa shape index (κ3) is 3.40. The van der Waals surface area contributed by atoms with Crippen LogP contribution in [-0.2, 0) is 13.6 Å². The highest BCUT2D eigenvalue weighted by Gasteiger charge is 2.11. The van der Waals surface area contributed by atoms with Gasteiger partial charge in [0.25, 0.3) is 5.69 Å². The second-order valence-corrected chi connectivity index (χ2v) is 5.51. The average Bonchev–Trinajstić information content (AvgIpc) is 2.99. The maximum atomic E-state index is 10.8. The van der Waals surface area contributed by atoms with E-state index in [1.807, 2.05) is 37.6 Å². The molecule has 0 unspecified atom stereocenters. The number of aryl methyl sites for hydroxylation is 2. The molecular weight excluding hydrogens is 306 g/mol. The highest BCUT2D eigenvalue weighted by Crippen LogP contribution is 2.21. The molecule has 1 N–H and O–H groups in total. The summed E-state index contributed by atoms with van der Waals surface area (Å²) in [5.74, 6) is 0.616. The van der Waals surface area contributed by atoms with Crippen LogP contribution in [-0.4, -0.2) is 19.7 Å². The van der Waals surface area contributed by atoms with E-state index in [1.165, 1.54) is 6.07 Å². The number of hydrogen-bond acceptors (Lipinski definition) is 5. The summed E-state index contributed by atoms with van der Waals surface area (Å²) in [4.78, 5) is 14.6. The molecule has 0 saturated heterocycles. The predicted molar refractivity (Wildman–Crippen MR) is 91.6 cm³/mol. The van der Waals surface area contributed by atoms with Crippen LogP contribution in [0.3, 0.4) is 0 Å². The van der Waals surface area contributed by atoms with E-state index < -0.39 is 4.92 Å². The van der Waals surface area contributed by atoms with E-state index in [-0.39, 0.29) is 5.69 Å². The molecule has 0 atom stereocenters. The van der Waals surface area contributed by atoms with Gasteiger partial charge in [-0.1, -0.05) is 18.2 Å². The molecule has 0 aliphatic carbocycles. The molecule has 2 aromatic heterocycles. The van der Waals surface area contributed by atoms with Crippen molar-refractivity contribution >= 4 is 11.5 Å². The quantitative estimate of drug-likeness (QED) is 0.575. The van der Waals surface area contributed by atoms with Gasteiger partial charge in [-0.3, -0.25) is 14.8 Å². The van der Waals surface area contributed by atoms with Gasteiger partial charge < -0.3 is 5.32 Å². The van der Waals surface area contributed by atoms with Crippen molar-refractivity contribution < 1.29 is 4.92 Å². The standard InChI is InChI=1S/C17H17N5O2/c1-12-16(22(23)24)6-7-17(20-12)18-9-13-4-3-5-14(8-13)15-10-19-21(2)11-15/h3-8,10-11H,9H2,1-2H3,(H,18,20). The van der Waals surface area contributed by atoms with Crippen LogP contribution < -0.4 is 5.32 Å². The lowest BCUT2D eigenvalue weighted by atomic mass is 10.1. The molecule has 3 aromatic rings. The number of nitrogens with zero attached hydrogens (tertiary/aromatic N) is 4. The van der Waals surface area contributed by atoms with E-state index >= 15 is 0 Å². The van der Waals surface area contributed by atoms with Gasteiger partial charge in [0.05, 0.1) is 11.1 Å². The van der Waals surface area contributed by atoms with Gasteiger partial charge in [-0.2, -0.15) is 5.10 Å². The lowest BCUT2D eigenvalue weighted by Crippen LogP contribution is -2.03. The molecule has 2 heterocycles. The number of nitro groups is 1. The first-order valence-electron chi connectivity index (χ1n) is 7.47. The number of pyridine rings is 1. The summed E-state index contributed by atoms with van der Waals surface area (Å²) in [6.07, 6.45) is 3.79. The fourth-order valence-electron chi connectivity index (χ4n) is 2.47. The predicted octanol–water partition coefficient (Wildman–Crippen LogP) is 3.31. The first-order valence-corrected chi connectivity index (χ1v) is 7.47. The van der Waals surface area contributed by atoms with Gasteiger partial charge in [0.1, 0.15) is 11.5 Å². The zero-order valence-electron chi connectivity index (χ0n) is 13.4. The van der Waals surface area contributed by atoms with Crippen molar-refractivity contribution in [3.63, 3.8) is 0 Å². The summed E-state index contributed by atoms with van der Waals surface area (Å²) in [5.41, 5.74) is 3.67. The normalized spacial score (nSPS) is 10.6. The maximum Gasteiger partial charge on any atom is 0.290 e.